The normalized spacial score (nSPS) is 14.9. The molecule has 0 aliphatic heterocycles. The van der Waals surface area contributed by atoms with Gasteiger partial charge in [0.05, 0.1) is 0 Å². The minimum Gasteiger partial charge on any atom is -0.373 e. The van der Waals surface area contributed by atoms with Crippen molar-refractivity contribution in [2.75, 3.05) is 0 Å². The van der Waals surface area contributed by atoms with Crippen molar-refractivity contribution in [3.05, 3.63) is 35.4 Å². The van der Waals surface area contributed by atoms with E-state index in [1.807, 2.05) is 0 Å². The molecule has 138 valence electrons. The summed E-state index contributed by atoms with van der Waals surface area (Å²) in [5, 5.41) is 9.18. The number of hydrogen-bond acceptors (Lipinski definition) is 1. The fourth-order valence-electron chi connectivity index (χ4n) is 1.73. The van der Waals surface area contributed by atoms with Crippen molar-refractivity contribution in [2.45, 2.75) is 29.8 Å². The van der Waals surface area contributed by atoms with E-state index in [4.69, 9.17) is 0 Å². The average molecular weight is 380 g/mol. The Morgan fingerprint density at radius 3 is 1.12 bits per heavy atom. The summed E-state index contributed by atoms with van der Waals surface area (Å²) in [6.45, 7) is 0. The zero-order valence-corrected chi connectivity index (χ0v) is 10.7. The number of benzene rings is 1. The van der Waals surface area contributed by atoms with E-state index in [1.165, 1.54) is 0 Å². The molecular weight excluding hydrogens is 376 g/mol. The molecule has 13 heteroatoms. The van der Waals surface area contributed by atoms with Gasteiger partial charge in [0.2, 0.25) is 5.60 Å². The molecule has 0 unspecified atom stereocenters. The highest BCUT2D eigenvalue weighted by atomic mass is 19.4. The van der Waals surface area contributed by atoms with Crippen LogP contribution in [-0.2, 0) is 5.60 Å². The Labute approximate surface area is 124 Å². The first kappa shape index (κ1) is 20.4. The summed E-state index contributed by atoms with van der Waals surface area (Å²) in [6.07, 6.45) is -14.2. The number of alkyl halides is 10. The molecule has 0 aromatic heterocycles. The smallest absolute Gasteiger partial charge is 0.373 e. The summed E-state index contributed by atoms with van der Waals surface area (Å²) in [7, 11) is 0. The Bertz CT molecular complexity index is 568. The molecule has 1 nitrogen and oxygen atoms in total. The maximum Gasteiger partial charge on any atom is 0.457 e. The van der Waals surface area contributed by atoms with Gasteiger partial charge in [-0.3, -0.25) is 0 Å². The van der Waals surface area contributed by atoms with Gasteiger partial charge >= 0.3 is 24.2 Å². The third-order valence-corrected chi connectivity index (χ3v) is 2.90. The monoisotopic (exact) mass is 380 g/mol. The lowest BCUT2D eigenvalue weighted by Gasteiger charge is -2.42. The predicted octanol–water partition coefficient (Wildman–Crippen LogP) is 4.55. The quantitative estimate of drug-likeness (QED) is 0.764. The van der Waals surface area contributed by atoms with Crippen LogP contribution in [0.15, 0.2) is 18.2 Å². The molecule has 1 rings (SSSR count). The van der Waals surface area contributed by atoms with E-state index >= 15 is 0 Å². The summed E-state index contributed by atoms with van der Waals surface area (Å²) in [5.74, 6) is -18.4. The molecule has 0 amide bonds. The molecule has 0 fully saturated rings. The molecule has 0 atom stereocenters. The summed E-state index contributed by atoms with van der Waals surface area (Å²) in [4.78, 5) is 0. The van der Waals surface area contributed by atoms with E-state index in [1.54, 1.807) is 0 Å². The van der Waals surface area contributed by atoms with Gasteiger partial charge in [-0.2, -0.15) is 43.9 Å². The molecule has 0 radical (unpaired) electrons. The standard InChI is InChI=1S/C11H4F12O/c12-5-1-4(2-6(13)3-5)7(24,8(14,15)10(18,19)20)9(16,17)11(21,22)23/h1-3,24H. The van der Waals surface area contributed by atoms with Gasteiger partial charge in [0.1, 0.15) is 11.6 Å². The number of hydrogen-bond donors (Lipinski definition) is 1. The fraction of sp³-hybridized carbons (Fsp3) is 0.455. The van der Waals surface area contributed by atoms with Crippen LogP contribution in [0.5, 0.6) is 0 Å². The average Bonchev–Trinajstić information content (AvgIpc) is 2.33. The highest BCUT2D eigenvalue weighted by molar-refractivity contribution is 5.31. The van der Waals surface area contributed by atoms with Crippen LogP contribution < -0.4 is 0 Å². The fourth-order valence-corrected chi connectivity index (χ4v) is 1.73. The SMILES string of the molecule is OC(c1cc(F)cc(F)c1)(C(F)(F)C(F)(F)F)C(F)(F)C(F)(F)F. The largest absolute Gasteiger partial charge is 0.457 e. The molecule has 0 aliphatic rings. The summed E-state index contributed by atoms with van der Waals surface area (Å²) in [5.41, 5.74) is -9.01. The van der Waals surface area contributed by atoms with Crippen LogP contribution in [0.25, 0.3) is 0 Å². The Kier molecular flexibility index (Phi) is 4.61. The lowest BCUT2D eigenvalue weighted by atomic mass is 9.80. The van der Waals surface area contributed by atoms with Gasteiger partial charge in [-0.1, -0.05) is 0 Å². The zero-order valence-electron chi connectivity index (χ0n) is 10.7. The van der Waals surface area contributed by atoms with Crippen LogP contribution in [0, 0.1) is 11.6 Å². The third-order valence-electron chi connectivity index (χ3n) is 2.90. The van der Waals surface area contributed by atoms with Gasteiger partial charge in [-0.15, -0.1) is 0 Å². The van der Waals surface area contributed by atoms with Gasteiger partial charge in [0.25, 0.3) is 0 Å². The van der Waals surface area contributed by atoms with Crippen LogP contribution in [0.2, 0.25) is 0 Å². The minimum atomic E-state index is -7.13. The predicted molar refractivity (Wildman–Crippen MR) is 52.3 cm³/mol. The van der Waals surface area contributed by atoms with Gasteiger partial charge in [0.15, 0.2) is 0 Å². The van der Waals surface area contributed by atoms with E-state index < -0.39 is 59.1 Å². The first-order valence-electron chi connectivity index (χ1n) is 5.47. The van der Waals surface area contributed by atoms with Gasteiger partial charge < -0.3 is 5.11 Å². The zero-order chi connectivity index (χ0) is 19.4. The van der Waals surface area contributed by atoms with Crippen LogP contribution in [0.3, 0.4) is 0 Å². The Morgan fingerprint density at radius 2 is 0.875 bits per heavy atom. The van der Waals surface area contributed by atoms with Crippen molar-refractivity contribution in [3.8, 4) is 0 Å². The lowest BCUT2D eigenvalue weighted by Crippen LogP contribution is -2.68. The Balaban J connectivity index is 3.91. The van der Waals surface area contributed by atoms with E-state index in [9.17, 15) is 57.8 Å². The molecule has 24 heavy (non-hydrogen) atoms. The Hall–Kier alpha value is -1.66. The van der Waals surface area contributed by atoms with Crippen LogP contribution >= 0.6 is 0 Å². The van der Waals surface area contributed by atoms with Crippen molar-refractivity contribution >= 4 is 0 Å². The lowest BCUT2D eigenvalue weighted by molar-refractivity contribution is -0.429. The van der Waals surface area contributed by atoms with Crippen molar-refractivity contribution < 1.29 is 57.8 Å². The second kappa shape index (κ2) is 5.43. The first-order chi connectivity index (χ1) is 10.4. The van der Waals surface area contributed by atoms with Crippen LogP contribution in [-0.4, -0.2) is 29.3 Å². The van der Waals surface area contributed by atoms with E-state index in [-0.39, 0.29) is 6.07 Å². The minimum absolute atomic E-state index is 0.207. The molecule has 1 aromatic rings. The highest BCUT2D eigenvalue weighted by Gasteiger charge is 2.85. The number of rotatable bonds is 3. The van der Waals surface area contributed by atoms with Crippen molar-refractivity contribution in [1.82, 2.24) is 0 Å². The van der Waals surface area contributed by atoms with E-state index in [0.29, 0.717) is 0 Å². The Morgan fingerprint density at radius 1 is 0.583 bits per heavy atom. The molecule has 0 saturated heterocycles. The summed E-state index contributed by atoms with van der Waals surface area (Å²) in [6, 6.07) is -1.59. The molecular formula is C11H4F12O. The topological polar surface area (TPSA) is 20.2 Å². The van der Waals surface area contributed by atoms with Gasteiger partial charge in [0, 0.05) is 11.6 Å². The van der Waals surface area contributed by atoms with E-state index in [2.05, 4.69) is 0 Å². The third kappa shape index (κ3) is 2.78. The molecule has 0 bridgehead atoms. The second-order valence-corrected chi connectivity index (χ2v) is 4.51. The van der Waals surface area contributed by atoms with Gasteiger partial charge in [-0.25, -0.2) is 8.78 Å². The molecule has 0 heterocycles. The maximum absolute atomic E-state index is 13.4. The van der Waals surface area contributed by atoms with Gasteiger partial charge in [-0.05, 0) is 12.1 Å². The number of aliphatic hydroxyl groups is 1. The van der Waals surface area contributed by atoms with E-state index in [0.717, 1.165) is 0 Å². The summed E-state index contributed by atoms with van der Waals surface area (Å²) >= 11 is 0. The molecule has 1 N–H and O–H groups in total. The molecule has 1 aromatic carbocycles. The van der Waals surface area contributed by atoms with Crippen molar-refractivity contribution in [3.63, 3.8) is 0 Å². The molecule has 0 spiro atoms. The second-order valence-electron chi connectivity index (χ2n) is 4.51. The van der Waals surface area contributed by atoms with Crippen LogP contribution in [0.4, 0.5) is 52.7 Å². The first-order valence-corrected chi connectivity index (χ1v) is 5.47. The van der Waals surface area contributed by atoms with Crippen molar-refractivity contribution in [2.24, 2.45) is 0 Å². The highest BCUT2D eigenvalue weighted by Crippen LogP contribution is 2.59. The van der Waals surface area contributed by atoms with Crippen LogP contribution in [0.1, 0.15) is 5.56 Å². The molecule has 0 saturated carbocycles. The van der Waals surface area contributed by atoms with Crippen molar-refractivity contribution in [1.29, 1.82) is 0 Å². The number of halogens is 12. The molecule has 0 aliphatic carbocycles. The summed E-state index contributed by atoms with van der Waals surface area (Å²) < 4.78 is 153. The maximum atomic E-state index is 13.4.